The molecular formula is C27H24O4. The molecule has 0 bridgehead atoms. The SMILES string of the molecule is O=c1cc(-c2ccccc2O)oc2c(C3CCCCC3)c(-c3ccccc3)cc(O)c12. The van der Waals surface area contributed by atoms with Gasteiger partial charge >= 0.3 is 0 Å². The monoisotopic (exact) mass is 412 g/mol. The summed E-state index contributed by atoms with van der Waals surface area (Å²) in [5, 5.41) is 21.4. The van der Waals surface area contributed by atoms with E-state index in [-0.39, 0.29) is 28.2 Å². The molecule has 4 aromatic rings. The molecule has 0 amide bonds. The highest BCUT2D eigenvalue weighted by molar-refractivity contribution is 5.94. The predicted octanol–water partition coefficient (Wildman–Crippen LogP) is 6.59. The Labute approximate surface area is 180 Å². The molecule has 0 unspecified atom stereocenters. The van der Waals surface area contributed by atoms with Crippen LogP contribution in [0.25, 0.3) is 33.4 Å². The maximum atomic E-state index is 13.1. The first-order chi connectivity index (χ1) is 15.1. The van der Waals surface area contributed by atoms with E-state index in [2.05, 4.69) is 0 Å². The predicted molar refractivity (Wildman–Crippen MR) is 123 cm³/mol. The maximum Gasteiger partial charge on any atom is 0.197 e. The number of hydrogen-bond donors (Lipinski definition) is 2. The normalized spacial score (nSPS) is 14.7. The number of aromatic hydroxyl groups is 2. The van der Waals surface area contributed by atoms with Gasteiger partial charge in [-0.2, -0.15) is 0 Å². The van der Waals surface area contributed by atoms with Crippen molar-refractivity contribution < 1.29 is 14.6 Å². The Morgan fingerprint density at radius 1 is 0.774 bits per heavy atom. The molecule has 1 heterocycles. The van der Waals surface area contributed by atoms with Gasteiger partial charge in [-0.05, 0) is 48.1 Å². The van der Waals surface area contributed by atoms with Crippen LogP contribution in [0.5, 0.6) is 11.5 Å². The fourth-order valence-corrected chi connectivity index (χ4v) is 4.80. The van der Waals surface area contributed by atoms with Gasteiger partial charge in [0.25, 0.3) is 0 Å². The van der Waals surface area contributed by atoms with Crippen molar-refractivity contribution in [2.75, 3.05) is 0 Å². The lowest BCUT2D eigenvalue weighted by molar-refractivity contribution is 0.440. The summed E-state index contributed by atoms with van der Waals surface area (Å²) in [5.41, 5.74) is 3.44. The Morgan fingerprint density at radius 2 is 1.48 bits per heavy atom. The van der Waals surface area contributed by atoms with Crippen LogP contribution in [0.4, 0.5) is 0 Å². The van der Waals surface area contributed by atoms with Gasteiger partial charge in [-0.15, -0.1) is 0 Å². The zero-order valence-corrected chi connectivity index (χ0v) is 17.2. The van der Waals surface area contributed by atoms with E-state index in [1.54, 1.807) is 30.3 Å². The van der Waals surface area contributed by atoms with E-state index in [0.717, 1.165) is 42.4 Å². The van der Waals surface area contributed by atoms with Crippen LogP contribution in [0.1, 0.15) is 43.6 Å². The molecule has 2 N–H and O–H groups in total. The molecule has 0 atom stereocenters. The van der Waals surface area contributed by atoms with Crippen LogP contribution in [-0.2, 0) is 0 Å². The Hall–Kier alpha value is -3.53. The zero-order chi connectivity index (χ0) is 21.4. The molecule has 0 saturated heterocycles. The minimum absolute atomic E-state index is 0.0488. The Morgan fingerprint density at radius 3 is 2.23 bits per heavy atom. The Balaban J connectivity index is 1.86. The molecule has 5 rings (SSSR count). The summed E-state index contributed by atoms with van der Waals surface area (Å²) in [5.74, 6) is 0.519. The van der Waals surface area contributed by atoms with E-state index in [1.165, 1.54) is 12.5 Å². The fraction of sp³-hybridized carbons (Fsp3) is 0.222. The number of benzene rings is 3. The Kier molecular flexibility index (Phi) is 4.99. The van der Waals surface area contributed by atoms with Gasteiger partial charge < -0.3 is 14.6 Å². The molecule has 1 fully saturated rings. The third kappa shape index (κ3) is 3.48. The number of fused-ring (bicyclic) bond motifs is 1. The second-order valence-corrected chi connectivity index (χ2v) is 8.25. The summed E-state index contributed by atoms with van der Waals surface area (Å²) in [6.45, 7) is 0. The van der Waals surface area contributed by atoms with Crippen LogP contribution >= 0.6 is 0 Å². The van der Waals surface area contributed by atoms with E-state index in [1.807, 2.05) is 30.3 Å². The topological polar surface area (TPSA) is 70.7 Å². The van der Waals surface area contributed by atoms with Gasteiger partial charge in [0.15, 0.2) is 5.43 Å². The first kappa shape index (κ1) is 19.4. The summed E-state index contributed by atoms with van der Waals surface area (Å²) in [4.78, 5) is 13.1. The summed E-state index contributed by atoms with van der Waals surface area (Å²) in [7, 11) is 0. The second-order valence-electron chi connectivity index (χ2n) is 8.25. The molecule has 156 valence electrons. The van der Waals surface area contributed by atoms with Crippen molar-refractivity contribution in [2.45, 2.75) is 38.0 Å². The minimum Gasteiger partial charge on any atom is -0.507 e. The largest absolute Gasteiger partial charge is 0.507 e. The van der Waals surface area contributed by atoms with E-state index < -0.39 is 0 Å². The van der Waals surface area contributed by atoms with Crippen molar-refractivity contribution in [3.05, 3.63) is 82.5 Å². The number of phenolic OH excluding ortho intramolecular Hbond substituents is 2. The van der Waals surface area contributed by atoms with Gasteiger partial charge in [0, 0.05) is 11.6 Å². The first-order valence-corrected chi connectivity index (χ1v) is 10.8. The van der Waals surface area contributed by atoms with Gasteiger partial charge in [0.1, 0.15) is 28.2 Å². The lowest BCUT2D eigenvalue weighted by atomic mass is 9.79. The van der Waals surface area contributed by atoms with Crippen molar-refractivity contribution in [1.82, 2.24) is 0 Å². The second kappa shape index (κ2) is 7.95. The number of phenols is 2. The Bertz CT molecular complexity index is 1300. The van der Waals surface area contributed by atoms with Crippen LogP contribution in [0.15, 0.2) is 75.9 Å². The van der Waals surface area contributed by atoms with Crippen molar-refractivity contribution in [1.29, 1.82) is 0 Å². The van der Waals surface area contributed by atoms with Crippen LogP contribution in [-0.4, -0.2) is 10.2 Å². The summed E-state index contributed by atoms with van der Waals surface area (Å²) in [6.07, 6.45) is 5.50. The standard InChI is InChI=1S/C27H24O4/c28-21-14-8-7-13-19(21)24-16-23(30)26-22(29)15-20(17-9-3-1-4-10-17)25(27(26)31-24)18-11-5-2-6-12-18/h1,3-4,7-10,13-16,18,28-29H,2,5-6,11-12H2. The summed E-state index contributed by atoms with van der Waals surface area (Å²) >= 11 is 0. The first-order valence-electron chi connectivity index (χ1n) is 10.8. The summed E-state index contributed by atoms with van der Waals surface area (Å²) in [6, 6.07) is 19.8. The lowest BCUT2D eigenvalue weighted by Gasteiger charge is -2.26. The van der Waals surface area contributed by atoms with Gasteiger partial charge in [-0.1, -0.05) is 61.7 Å². The molecule has 1 saturated carbocycles. The highest BCUT2D eigenvalue weighted by Crippen LogP contribution is 2.45. The molecule has 0 radical (unpaired) electrons. The van der Waals surface area contributed by atoms with E-state index in [4.69, 9.17) is 4.42 Å². The average Bonchev–Trinajstić information content (AvgIpc) is 2.80. The fourth-order valence-electron chi connectivity index (χ4n) is 4.80. The van der Waals surface area contributed by atoms with E-state index in [9.17, 15) is 15.0 Å². The van der Waals surface area contributed by atoms with Crippen LogP contribution < -0.4 is 5.43 Å². The van der Waals surface area contributed by atoms with Crippen molar-refractivity contribution in [2.24, 2.45) is 0 Å². The maximum absolute atomic E-state index is 13.1. The van der Waals surface area contributed by atoms with Crippen LogP contribution in [0.2, 0.25) is 0 Å². The van der Waals surface area contributed by atoms with E-state index in [0.29, 0.717) is 16.9 Å². The minimum atomic E-state index is -0.311. The molecule has 1 aliphatic carbocycles. The van der Waals surface area contributed by atoms with Gasteiger partial charge in [0.05, 0.1) is 5.56 Å². The average molecular weight is 412 g/mol. The number of para-hydroxylation sites is 1. The molecule has 1 aliphatic rings. The molecule has 4 nitrogen and oxygen atoms in total. The van der Waals surface area contributed by atoms with Gasteiger partial charge in [-0.3, -0.25) is 4.79 Å². The van der Waals surface area contributed by atoms with Crippen molar-refractivity contribution >= 4 is 11.0 Å². The summed E-state index contributed by atoms with van der Waals surface area (Å²) < 4.78 is 6.32. The number of hydrogen-bond acceptors (Lipinski definition) is 4. The zero-order valence-electron chi connectivity index (χ0n) is 17.2. The lowest BCUT2D eigenvalue weighted by Crippen LogP contribution is -2.10. The molecule has 0 aliphatic heterocycles. The molecule has 1 aromatic heterocycles. The third-order valence-electron chi connectivity index (χ3n) is 6.29. The molecule has 0 spiro atoms. The smallest absolute Gasteiger partial charge is 0.197 e. The highest BCUT2D eigenvalue weighted by atomic mass is 16.3. The third-order valence-corrected chi connectivity index (χ3v) is 6.29. The van der Waals surface area contributed by atoms with Crippen LogP contribution in [0.3, 0.4) is 0 Å². The highest BCUT2D eigenvalue weighted by Gasteiger charge is 2.26. The number of rotatable bonds is 3. The van der Waals surface area contributed by atoms with E-state index >= 15 is 0 Å². The van der Waals surface area contributed by atoms with Gasteiger partial charge in [0.2, 0.25) is 0 Å². The van der Waals surface area contributed by atoms with Crippen molar-refractivity contribution in [3.8, 4) is 33.9 Å². The van der Waals surface area contributed by atoms with Crippen molar-refractivity contribution in [3.63, 3.8) is 0 Å². The molecule has 31 heavy (non-hydrogen) atoms. The quantitative estimate of drug-likeness (QED) is 0.398. The van der Waals surface area contributed by atoms with Crippen LogP contribution in [0, 0.1) is 0 Å². The molecule has 4 heteroatoms. The molecule has 3 aromatic carbocycles. The van der Waals surface area contributed by atoms with Gasteiger partial charge in [-0.25, -0.2) is 0 Å². The molecular weight excluding hydrogens is 388 g/mol.